The summed E-state index contributed by atoms with van der Waals surface area (Å²) < 4.78 is 26.2. The van der Waals surface area contributed by atoms with Crippen LogP contribution in [0.25, 0.3) is 0 Å². The summed E-state index contributed by atoms with van der Waals surface area (Å²) in [6.45, 7) is 0.530. The average Bonchev–Trinajstić information content (AvgIpc) is 2.91. The van der Waals surface area contributed by atoms with E-state index >= 15 is 0 Å². The molecule has 0 saturated heterocycles. The molecule has 1 aromatic rings. The highest BCUT2D eigenvalue weighted by atomic mass is 32.2. The van der Waals surface area contributed by atoms with E-state index in [9.17, 15) is 8.42 Å². The first-order valence-corrected chi connectivity index (χ1v) is 8.14. The van der Waals surface area contributed by atoms with E-state index in [2.05, 4.69) is 0 Å². The summed E-state index contributed by atoms with van der Waals surface area (Å²) in [6.07, 6.45) is 4.68. The molecule has 1 aliphatic carbocycles. The lowest BCUT2D eigenvalue weighted by Crippen LogP contribution is -2.31. The molecule has 0 heterocycles. The van der Waals surface area contributed by atoms with Crippen LogP contribution in [-0.2, 0) is 16.6 Å². The van der Waals surface area contributed by atoms with Gasteiger partial charge in [0.2, 0.25) is 10.0 Å². The van der Waals surface area contributed by atoms with Crippen LogP contribution in [0.3, 0.4) is 0 Å². The lowest BCUT2D eigenvalue weighted by atomic mass is 10.1. The fourth-order valence-corrected chi connectivity index (χ4v) is 3.85. The Bertz CT molecular complexity index is 504. The molecule has 4 nitrogen and oxygen atoms in total. The van der Waals surface area contributed by atoms with E-state index in [0.29, 0.717) is 17.4 Å². The molecule has 0 aliphatic heterocycles. The Labute approximate surface area is 115 Å². The summed E-state index contributed by atoms with van der Waals surface area (Å²) in [5.41, 5.74) is 0.720. The fraction of sp³-hybridized carbons (Fsp3) is 0.571. The number of aliphatic hydroxyl groups excluding tert-OH is 1. The second-order valence-electron chi connectivity index (χ2n) is 5.24. The molecule has 0 bridgehead atoms. The van der Waals surface area contributed by atoms with Crippen LogP contribution >= 0.6 is 0 Å². The first-order chi connectivity index (χ1) is 9.04. The highest BCUT2D eigenvalue weighted by molar-refractivity contribution is 7.89. The van der Waals surface area contributed by atoms with Crippen molar-refractivity contribution < 1.29 is 13.5 Å². The van der Waals surface area contributed by atoms with Gasteiger partial charge < -0.3 is 5.11 Å². The minimum Gasteiger partial charge on any atom is -0.392 e. The fourth-order valence-electron chi connectivity index (χ4n) is 2.60. The van der Waals surface area contributed by atoms with Gasteiger partial charge in [-0.1, -0.05) is 25.0 Å². The van der Waals surface area contributed by atoms with E-state index in [1.165, 1.54) is 17.1 Å². The Morgan fingerprint density at radius 3 is 2.32 bits per heavy atom. The third-order valence-corrected chi connectivity index (χ3v) is 5.64. The zero-order valence-corrected chi connectivity index (χ0v) is 12.1. The van der Waals surface area contributed by atoms with Gasteiger partial charge in [0.25, 0.3) is 0 Å². The largest absolute Gasteiger partial charge is 0.392 e. The van der Waals surface area contributed by atoms with E-state index in [1.807, 2.05) is 0 Å². The summed E-state index contributed by atoms with van der Waals surface area (Å²) in [5, 5.41) is 8.97. The van der Waals surface area contributed by atoms with Crippen molar-refractivity contribution >= 4 is 10.0 Å². The van der Waals surface area contributed by atoms with Gasteiger partial charge in [-0.25, -0.2) is 12.7 Å². The molecule has 1 aliphatic rings. The van der Waals surface area contributed by atoms with Gasteiger partial charge in [-0.15, -0.1) is 0 Å². The van der Waals surface area contributed by atoms with Gasteiger partial charge in [0.05, 0.1) is 11.5 Å². The van der Waals surface area contributed by atoms with Crippen molar-refractivity contribution in [2.45, 2.75) is 37.2 Å². The third-order valence-electron chi connectivity index (χ3n) is 3.80. The Kier molecular flexibility index (Phi) is 4.60. The molecule has 1 aromatic carbocycles. The van der Waals surface area contributed by atoms with Crippen molar-refractivity contribution in [3.8, 4) is 0 Å². The van der Waals surface area contributed by atoms with Crippen molar-refractivity contribution in [1.82, 2.24) is 4.31 Å². The normalized spacial score (nSPS) is 17.2. The lowest BCUT2D eigenvalue weighted by molar-refractivity contribution is 0.281. The standard InChI is InChI=1S/C14H21NO3S/c1-15(10-12-4-2-3-5-12)19(17,18)14-8-6-13(11-16)7-9-14/h6-9,12,16H,2-5,10-11H2,1H3. The number of hydrogen-bond acceptors (Lipinski definition) is 3. The van der Waals surface area contributed by atoms with Crippen molar-refractivity contribution in [3.05, 3.63) is 29.8 Å². The van der Waals surface area contributed by atoms with Crippen molar-refractivity contribution in [1.29, 1.82) is 0 Å². The Balaban J connectivity index is 2.10. The second kappa shape index (κ2) is 6.03. The maximum atomic E-state index is 12.4. The minimum atomic E-state index is -3.40. The first-order valence-electron chi connectivity index (χ1n) is 6.70. The van der Waals surface area contributed by atoms with Crippen LogP contribution in [0.5, 0.6) is 0 Å². The summed E-state index contributed by atoms with van der Waals surface area (Å²) in [7, 11) is -1.75. The minimum absolute atomic E-state index is 0.0712. The number of aliphatic hydroxyl groups is 1. The topological polar surface area (TPSA) is 57.6 Å². The number of sulfonamides is 1. The average molecular weight is 283 g/mol. The summed E-state index contributed by atoms with van der Waals surface area (Å²) in [5.74, 6) is 0.497. The molecule has 0 atom stereocenters. The number of rotatable bonds is 5. The Morgan fingerprint density at radius 1 is 1.21 bits per heavy atom. The highest BCUT2D eigenvalue weighted by Crippen LogP contribution is 2.27. The molecule has 0 spiro atoms. The van der Waals surface area contributed by atoms with E-state index in [4.69, 9.17) is 5.11 Å². The smallest absolute Gasteiger partial charge is 0.242 e. The van der Waals surface area contributed by atoms with Gasteiger partial charge in [0, 0.05) is 13.6 Å². The number of hydrogen-bond donors (Lipinski definition) is 1. The quantitative estimate of drug-likeness (QED) is 0.899. The SMILES string of the molecule is CN(CC1CCCC1)S(=O)(=O)c1ccc(CO)cc1. The maximum absolute atomic E-state index is 12.4. The molecule has 1 N–H and O–H groups in total. The zero-order chi connectivity index (χ0) is 13.9. The van der Waals surface area contributed by atoms with Gasteiger partial charge in [0.15, 0.2) is 0 Å². The first kappa shape index (κ1) is 14.5. The lowest BCUT2D eigenvalue weighted by Gasteiger charge is -2.20. The van der Waals surface area contributed by atoms with Gasteiger partial charge in [0.1, 0.15) is 0 Å². The highest BCUT2D eigenvalue weighted by Gasteiger charge is 2.25. The molecule has 106 valence electrons. The maximum Gasteiger partial charge on any atom is 0.242 e. The summed E-state index contributed by atoms with van der Waals surface area (Å²) in [4.78, 5) is 0.296. The summed E-state index contributed by atoms with van der Waals surface area (Å²) >= 11 is 0. The van der Waals surface area contributed by atoms with Crippen molar-refractivity contribution in [3.63, 3.8) is 0 Å². The molecule has 0 amide bonds. The van der Waals surface area contributed by atoms with E-state index in [0.717, 1.165) is 18.4 Å². The Morgan fingerprint density at radius 2 is 1.79 bits per heavy atom. The van der Waals surface area contributed by atoms with Crippen LogP contribution in [0.1, 0.15) is 31.2 Å². The van der Waals surface area contributed by atoms with Gasteiger partial charge in [-0.05, 0) is 36.5 Å². The molecule has 0 radical (unpaired) electrons. The molecule has 0 unspecified atom stereocenters. The van der Waals surface area contributed by atoms with Crippen LogP contribution in [-0.4, -0.2) is 31.4 Å². The third kappa shape index (κ3) is 3.35. The van der Waals surface area contributed by atoms with Crippen LogP contribution < -0.4 is 0 Å². The van der Waals surface area contributed by atoms with Gasteiger partial charge in [-0.3, -0.25) is 0 Å². The second-order valence-corrected chi connectivity index (χ2v) is 7.28. The molecular weight excluding hydrogens is 262 g/mol. The number of benzene rings is 1. The monoisotopic (exact) mass is 283 g/mol. The van der Waals surface area contributed by atoms with Crippen LogP contribution in [0, 0.1) is 5.92 Å². The van der Waals surface area contributed by atoms with Crippen LogP contribution in [0.2, 0.25) is 0 Å². The molecule has 2 rings (SSSR count). The van der Waals surface area contributed by atoms with Crippen molar-refractivity contribution in [2.24, 2.45) is 5.92 Å². The molecule has 19 heavy (non-hydrogen) atoms. The molecule has 5 heteroatoms. The van der Waals surface area contributed by atoms with E-state index in [1.54, 1.807) is 31.3 Å². The van der Waals surface area contributed by atoms with E-state index < -0.39 is 10.0 Å². The molecular formula is C14H21NO3S. The van der Waals surface area contributed by atoms with Crippen LogP contribution in [0.15, 0.2) is 29.2 Å². The molecule has 1 fully saturated rings. The predicted octanol–water partition coefficient (Wildman–Crippen LogP) is 1.99. The van der Waals surface area contributed by atoms with Gasteiger partial charge >= 0.3 is 0 Å². The van der Waals surface area contributed by atoms with Crippen LogP contribution in [0.4, 0.5) is 0 Å². The Hall–Kier alpha value is -0.910. The van der Waals surface area contributed by atoms with Crippen molar-refractivity contribution in [2.75, 3.05) is 13.6 Å². The number of nitrogens with zero attached hydrogens (tertiary/aromatic N) is 1. The predicted molar refractivity (Wildman–Crippen MR) is 74.1 cm³/mol. The molecule has 1 saturated carbocycles. The van der Waals surface area contributed by atoms with Gasteiger partial charge in [-0.2, -0.15) is 0 Å². The zero-order valence-electron chi connectivity index (χ0n) is 11.2. The van der Waals surface area contributed by atoms with E-state index in [-0.39, 0.29) is 6.61 Å². The molecule has 0 aromatic heterocycles. The summed E-state index contributed by atoms with van der Waals surface area (Å²) in [6, 6.07) is 6.42.